The Bertz CT molecular complexity index is 1590. The van der Waals surface area contributed by atoms with E-state index >= 15 is 0 Å². The maximum Gasteiger partial charge on any atom is 0.306 e. The molecular weight excluding hydrogens is 669 g/mol. The smallest absolute Gasteiger partial charge is 0.306 e. The first-order chi connectivity index (χ1) is 24.2. The van der Waals surface area contributed by atoms with Crippen LogP contribution in [0.25, 0.3) is 0 Å². The Hall–Kier alpha value is -3.25. The van der Waals surface area contributed by atoms with Gasteiger partial charge < -0.3 is 19.9 Å². The molecule has 3 aliphatic carbocycles. The van der Waals surface area contributed by atoms with Crippen molar-refractivity contribution in [3.8, 4) is 0 Å². The van der Waals surface area contributed by atoms with Gasteiger partial charge in [0.25, 0.3) is 0 Å². The molecule has 0 aromatic heterocycles. The van der Waals surface area contributed by atoms with E-state index in [0.29, 0.717) is 18.9 Å². The minimum absolute atomic E-state index is 0.0844. The number of hydrogen-bond acceptors (Lipinski definition) is 8. The van der Waals surface area contributed by atoms with E-state index in [2.05, 4.69) is 16.8 Å². The molecule has 0 unspecified atom stereocenters. The Kier molecular flexibility index (Phi) is 11.0. The molecule has 2 saturated heterocycles. The van der Waals surface area contributed by atoms with Crippen LogP contribution < -0.4 is 10.2 Å². The van der Waals surface area contributed by atoms with Crippen molar-refractivity contribution in [2.24, 2.45) is 28.6 Å². The third kappa shape index (κ3) is 8.37. The highest BCUT2D eigenvalue weighted by Crippen LogP contribution is 2.57. The van der Waals surface area contributed by atoms with Gasteiger partial charge in [-0.1, -0.05) is 26.8 Å². The Morgan fingerprint density at radius 3 is 2.25 bits per heavy atom. The van der Waals surface area contributed by atoms with Crippen molar-refractivity contribution in [3.63, 3.8) is 0 Å². The number of rotatable bonds is 14. The van der Waals surface area contributed by atoms with Crippen molar-refractivity contribution < 1.29 is 32.3 Å². The van der Waals surface area contributed by atoms with Crippen LogP contribution in [0.1, 0.15) is 97.8 Å². The number of ether oxygens (including phenoxy) is 1. The van der Waals surface area contributed by atoms with Crippen molar-refractivity contribution in [2.75, 3.05) is 37.7 Å². The fourth-order valence-corrected chi connectivity index (χ4v) is 9.53. The number of carbonyl (C=O) groups is 4. The SMILES string of the molecule is C=C[C@@H]1C[C@]1(CC(=O)[C@@H]1CN(S(=O)(=O)c2ccc(N3CCCCC3)cc2)CN1C(=O)[C@@H](CC(=O)OC1CCCC1)C(C)(C)C)C(=O)NCC1CC1. The summed E-state index contributed by atoms with van der Waals surface area (Å²) in [5.74, 6) is -2.06. The molecule has 1 aromatic rings. The zero-order valence-corrected chi connectivity index (χ0v) is 31.4. The molecule has 5 fully saturated rings. The van der Waals surface area contributed by atoms with Crippen molar-refractivity contribution in [1.29, 1.82) is 0 Å². The van der Waals surface area contributed by atoms with Crippen LogP contribution in [0.3, 0.4) is 0 Å². The highest BCUT2D eigenvalue weighted by atomic mass is 32.2. The largest absolute Gasteiger partial charge is 0.462 e. The number of hydrogen-bond donors (Lipinski definition) is 1. The average molecular weight is 725 g/mol. The first-order valence-electron chi connectivity index (χ1n) is 19.0. The standard InChI is InChI=1S/C39H56N4O7S/c1-5-28-22-39(28,37(47)40-24-27-13-14-27)23-34(44)33-25-42(51(48,49)31-17-15-29(16-18-31)41-19-9-6-10-20-41)26-43(33)36(46)32(38(2,3)4)21-35(45)50-30-11-7-8-12-30/h5,15-18,27-28,30,32-33H,1,6-14,19-26H2,2-4H3,(H,40,47)/t28-,32-,33+,39-/m1/s1. The van der Waals surface area contributed by atoms with Crippen LogP contribution in [0.15, 0.2) is 41.8 Å². The second-order valence-electron chi connectivity index (χ2n) is 16.7. The van der Waals surface area contributed by atoms with E-state index < -0.39 is 44.7 Å². The van der Waals surface area contributed by atoms with E-state index in [9.17, 15) is 27.6 Å². The lowest BCUT2D eigenvalue weighted by atomic mass is 9.77. The van der Waals surface area contributed by atoms with E-state index in [1.54, 1.807) is 18.2 Å². The number of Topliss-reactive ketones (excluding diaryl/α,β-unsaturated/α-hetero) is 1. The van der Waals surface area contributed by atoms with Crippen LogP contribution in [0.2, 0.25) is 0 Å². The van der Waals surface area contributed by atoms with Crippen LogP contribution in [-0.4, -0.2) is 86.2 Å². The lowest BCUT2D eigenvalue weighted by molar-refractivity contribution is -0.156. The molecule has 0 radical (unpaired) electrons. The molecule has 1 N–H and O–H groups in total. The normalized spacial score (nSPS) is 26.5. The third-order valence-electron chi connectivity index (χ3n) is 11.8. The lowest BCUT2D eigenvalue weighted by Crippen LogP contribution is -2.49. The molecule has 1 aromatic carbocycles. The van der Waals surface area contributed by atoms with Crippen molar-refractivity contribution in [3.05, 3.63) is 36.9 Å². The maximum absolute atomic E-state index is 14.6. The molecular formula is C39H56N4O7S. The molecule has 3 saturated carbocycles. The van der Waals surface area contributed by atoms with Crippen LogP contribution in [0.4, 0.5) is 5.69 Å². The number of anilines is 1. The van der Waals surface area contributed by atoms with Gasteiger partial charge in [-0.05, 0) is 106 Å². The molecule has 51 heavy (non-hydrogen) atoms. The van der Waals surface area contributed by atoms with Gasteiger partial charge >= 0.3 is 5.97 Å². The fourth-order valence-electron chi connectivity index (χ4n) is 8.14. The lowest BCUT2D eigenvalue weighted by Gasteiger charge is -2.34. The Morgan fingerprint density at radius 1 is 1.00 bits per heavy atom. The van der Waals surface area contributed by atoms with Crippen LogP contribution in [-0.2, 0) is 33.9 Å². The molecule has 4 atom stereocenters. The number of sulfonamides is 1. The number of carbonyl (C=O) groups excluding carboxylic acids is 4. The minimum atomic E-state index is -4.11. The summed E-state index contributed by atoms with van der Waals surface area (Å²) < 4.78 is 35.3. The Balaban J connectivity index is 1.25. The van der Waals surface area contributed by atoms with Crippen LogP contribution >= 0.6 is 0 Å². The quantitative estimate of drug-likeness (QED) is 0.208. The number of esters is 1. The Labute approximate surface area is 303 Å². The summed E-state index contributed by atoms with van der Waals surface area (Å²) in [6, 6.07) is 5.70. The monoisotopic (exact) mass is 724 g/mol. The third-order valence-corrected chi connectivity index (χ3v) is 13.6. The molecule has 2 aliphatic heterocycles. The molecule has 2 heterocycles. The van der Waals surface area contributed by atoms with Gasteiger partial charge in [-0.25, -0.2) is 8.42 Å². The molecule has 11 nitrogen and oxygen atoms in total. The topological polar surface area (TPSA) is 133 Å². The van der Waals surface area contributed by atoms with Crippen molar-refractivity contribution >= 4 is 39.3 Å². The van der Waals surface area contributed by atoms with Gasteiger partial charge in [0.05, 0.1) is 29.3 Å². The van der Waals surface area contributed by atoms with Gasteiger partial charge in [-0.15, -0.1) is 6.58 Å². The van der Waals surface area contributed by atoms with Crippen LogP contribution in [0, 0.1) is 28.6 Å². The molecule has 0 bridgehead atoms. The average Bonchev–Trinajstić information content (AvgIpc) is 3.95. The number of nitrogens with zero attached hydrogens (tertiary/aromatic N) is 3. The number of amides is 2. The first-order valence-corrected chi connectivity index (χ1v) is 20.5. The van der Waals surface area contributed by atoms with Gasteiger partial charge in [-0.3, -0.25) is 19.2 Å². The van der Waals surface area contributed by atoms with Gasteiger partial charge in [0.1, 0.15) is 12.1 Å². The maximum atomic E-state index is 14.6. The van der Waals surface area contributed by atoms with Gasteiger partial charge in [0, 0.05) is 38.3 Å². The number of benzene rings is 1. The summed E-state index contributed by atoms with van der Waals surface area (Å²) in [7, 11) is -4.11. The van der Waals surface area contributed by atoms with E-state index in [-0.39, 0.29) is 54.7 Å². The zero-order chi connectivity index (χ0) is 36.6. The van der Waals surface area contributed by atoms with Gasteiger partial charge in [-0.2, -0.15) is 4.31 Å². The van der Waals surface area contributed by atoms with Gasteiger partial charge in [0.15, 0.2) is 5.78 Å². The summed E-state index contributed by atoms with van der Waals surface area (Å²) in [6.07, 6.45) is 10.8. The highest BCUT2D eigenvalue weighted by molar-refractivity contribution is 7.89. The summed E-state index contributed by atoms with van der Waals surface area (Å²) in [5.41, 5.74) is -0.693. The predicted octanol–water partition coefficient (Wildman–Crippen LogP) is 5.05. The number of allylic oxidation sites excluding steroid dienone is 1. The summed E-state index contributed by atoms with van der Waals surface area (Å²) in [6.45, 7) is 11.3. The fraction of sp³-hybridized carbons (Fsp3) is 0.692. The van der Waals surface area contributed by atoms with E-state index in [4.69, 9.17) is 4.74 Å². The summed E-state index contributed by atoms with van der Waals surface area (Å²) >= 11 is 0. The number of ketones is 1. The van der Waals surface area contributed by atoms with Gasteiger partial charge in [0.2, 0.25) is 21.8 Å². The second kappa shape index (κ2) is 15.0. The molecule has 2 amide bonds. The number of nitrogens with one attached hydrogen (secondary N) is 1. The minimum Gasteiger partial charge on any atom is -0.462 e. The summed E-state index contributed by atoms with van der Waals surface area (Å²) in [4.78, 5) is 59.3. The molecule has 12 heteroatoms. The van der Waals surface area contributed by atoms with E-state index in [1.165, 1.54) is 15.6 Å². The predicted molar refractivity (Wildman–Crippen MR) is 194 cm³/mol. The van der Waals surface area contributed by atoms with Crippen LogP contribution in [0.5, 0.6) is 0 Å². The van der Waals surface area contributed by atoms with E-state index in [1.807, 2.05) is 32.9 Å². The van der Waals surface area contributed by atoms with Crippen molar-refractivity contribution in [1.82, 2.24) is 14.5 Å². The second-order valence-corrected chi connectivity index (χ2v) is 18.6. The molecule has 6 rings (SSSR count). The number of piperidine rings is 1. The van der Waals surface area contributed by atoms with Crippen molar-refractivity contribution in [2.45, 2.75) is 115 Å². The Morgan fingerprint density at radius 2 is 1.67 bits per heavy atom. The highest BCUT2D eigenvalue weighted by Gasteiger charge is 2.60. The first kappa shape index (κ1) is 37.5. The van der Waals surface area contributed by atoms with E-state index in [0.717, 1.165) is 70.1 Å². The molecule has 0 spiro atoms. The summed E-state index contributed by atoms with van der Waals surface area (Å²) in [5, 5.41) is 3.03. The zero-order valence-electron chi connectivity index (χ0n) is 30.6. The molecule has 5 aliphatic rings. The molecule has 280 valence electrons.